The number of fused-ring (bicyclic) bond motifs is 2. The molecule has 2 aliphatic heterocycles. The number of hydrogen-bond acceptors (Lipinski definition) is 4. The molecule has 2 aliphatic rings. The van der Waals surface area contributed by atoms with Crippen molar-refractivity contribution in [3.05, 3.63) is 163 Å². The Bertz CT molecular complexity index is 1930. The Balaban J connectivity index is 0.000000166. The van der Waals surface area contributed by atoms with Gasteiger partial charge in [0.1, 0.15) is 0 Å². The van der Waals surface area contributed by atoms with Crippen molar-refractivity contribution in [3.63, 3.8) is 0 Å². The van der Waals surface area contributed by atoms with Crippen molar-refractivity contribution in [2.24, 2.45) is 0 Å². The molecule has 0 unspecified atom stereocenters. The van der Waals surface area contributed by atoms with Crippen LogP contribution >= 0.6 is 0 Å². The maximum atomic E-state index is 10.7. The van der Waals surface area contributed by atoms with E-state index in [2.05, 4.69) is 113 Å². The number of amides is 2. The van der Waals surface area contributed by atoms with Crippen molar-refractivity contribution in [1.82, 2.24) is 6.61 Å². The fourth-order valence-electron chi connectivity index (χ4n) is 6.54. The average Bonchev–Trinajstić information content (AvgIpc) is 4.08. The topological polar surface area (TPSA) is 64.7 Å². The van der Waals surface area contributed by atoms with Gasteiger partial charge in [0.15, 0.2) is 0 Å². The van der Waals surface area contributed by atoms with Crippen LogP contribution in [0.1, 0.15) is 63.5 Å². The number of benzene rings is 4. The molecule has 0 aliphatic carbocycles. The summed E-state index contributed by atoms with van der Waals surface area (Å²) in [6.45, 7) is 8.50. The van der Waals surface area contributed by atoms with E-state index >= 15 is 0 Å². The molecular formula is C48H53InN4O2Zr. The predicted molar refractivity (Wildman–Crippen MR) is 233 cm³/mol. The van der Waals surface area contributed by atoms with Crippen molar-refractivity contribution in [1.29, 1.82) is 0 Å². The zero-order valence-electron chi connectivity index (χ0n) is 32.8. The monoisotopic (exact) mass is 922 g/mol. The largest absolute Gasteiger partial charge is 3.00 e. The van der Waals surface area contributed by atoms with Crippen molar-refractivity contribution in [2.75, 3.05) is 36.0 Å². The van der Waals surface area contributed by atoms with Crippen LogP contribution in [0.25, 0.3) is 27.6 Å². The molecule has 8 rings (SSSR count). The summed E-state index contributed by atoms with van der Waals surface area (Å²) >= 11 is -1.32. The van der Waals surface area contributed by atoms with Crippen LogP contribution in [0.5, 0.6) is 0 Å². The van der Waals surface area contributed by atoms with Gasteiger partial charge >= 0.3 is 104 Å². The van der Waals surface area contributed by atoms with E-state index in [9.17, 15) is 9.59 Å². The van der Waals surface area contributed by atoms with Gasteiger partial charge in [0.05, 0.1) is 0 Å². The Morgan fingerprint density at radius 3 is 1.54 bits per heavy atom. The van der Waals surface area contributed by atoms with E-state index in [1.165, 1.54) is 90.3 Å². The Hall–Kier alpha value is -4.13. The van der Waals surface area contributed by atoms with Gasteiger partial charge in [-0.05, 0) is 31.2 Å². The van der Waals surface area contributed by atoms with Crippen LogP contribution in [0.15, 0.2) is 146 Å². The third-order valence-corrected chi connectivity index (χ3v) is 12.2. The fourth-order valence-corrected chi connectivity index (χ4v) is 8.83. The van der Waals surface area contributed by atoms with Crippen LogP contribution in [0.4, 0.5) is 11.4 Å². The van der Waals surface area contributed by atoms with E-state index in [-0.39, 0.29) is 38.0 Å². The second-order valence-electron chi connectivity index (χ2n) is 13.4. The standard InChI is InChI=1S/C16H13.2C13H14N.2C3H7NO.In.Zr/c1-3-9-15(10-4-1)13-7-8-14-16-11-5-2-6-12-16;2*1-2-6-12-11(5-1)7-8-13(12)14-9-3-4-10-14;2*1-2-3(4)5;;/h1-13H;2*1-2,5-8H,3-4,9-10H2;2*2H2,1H3,(H2,4,5);;/q3*-1;;;+2;+3/p-2. The first-order chi connectivity index (χ1) is 27.1. The SMILES string of the molecule is CCC(=O)[NH][In][NH]C(=O)CC.[C-](=CC=Cc1ccccc1)c1ccccc1.[Zr+3].c1ccc2c(N3CCCC3)c[cH-]c2c1.c1ccc2c(N3CCCC3)c[cH-]c2c1. The Morgan fingerprint density at radius 1 is 0.643 bits per heavy atom. The summed E-state index contributed by atoms with van der Waals surface area (Å²) in [6, 6.07) is 46.6. The van der Waals surface area contributed by atoms with Crippen LogP contribution in [0.3, 0.4) is 0 Å². The molecule has 0 atom stereocenters. The summed E-state index contributed by atoms with van der Waals surface area (Å²) in [5.41, 5.74) is 5.16. The Labute approximate surface area is 365 Å². The second kappa shape index (κ2) is 25.2. The zero-order chi connectivity index (χ0) is 38.5. The van der Waals surface area contributed by atoms with Crippen LogP contribution < -0.4 is 16.4 Å². The van der Waals surface area contributed by atoms with E-state index < -0.39 is 23.5 Å². The molecule has 0 aromatic heterocycles. The molecule has 2 heterocycles. The summed E-state index contributed by atoms with van der Waals surface area (Å²) in [6.07, 6.45) is 15.6. The molecule has 2 N–H and O–H groups in total. The quantitative estimate of drug-likeness (QED) is 0.112. The number of rotatable bonds is 9. The average molecular weight is 924 g/mol. The van der Waals surface area contributed by atoms with Gasteiger partial charge in [0.2, 0.25) is 0 Å². The number of anilines is 2. The maximum absolute atomic E-state index is 10.7. The molecule has 56 heavy (non-hydrogen) atoms. The fraction of sp³-hybridized carbons (Fsp3) is 0.250. The van der Waals surface area contributed by atoms with Crippen molar-refractivity contribution in [3.8, 4) is 0 Å². The Morgan fingerprint density at radius 2 is 1.07 bits per heavy atom. The van der Waals surface area contributed by atoms with Crippen LogP contribution in [-0.2, 0) is 35.8 Å². The van der Waals surface area contributed by atoms with E-state index in [0.717, 1.165) is 5.56 Å². The van der Waals surface area contributed by atoms with Gasteiger partial charge in [-0.2, -0.15) is 0 Å². The van der Waals surface area contributed by atoms with Crippen LogP contribution in [0, 0.1) is 6.08 Å². The summed E-state index contributed by atoms with van der Waals surface area (Å²) in [7, 11) is 0. The molecule has 6 aromatic rings. The number of nitrogens with one attached hydrogen (secondary N) is 2. The maximum Gasteiger partial charge on any atom is 3.00 e. The van der Waals surface area contributed by atoms with E-state index in [4.69, 9.17) is 0 Å². The summed E-state index contributed by atoms with van der Waals surface area (Å²) < 4.78 is 5.43. The van der Waals surface area contributed by atoms with E-state index in [1.54, 1.807) is 13.8 Å². The summed E-state index contributed by atoms with van der Waals surface area (Å²) in [5.74, 6) is 0.0604. The van der Waals surface area contributed by atoms with Gasteiger partial charge in [0, 0.05) is 26.2 Å². The van der Waals surface area contributed by atoms with E-state index in [1.807, 2.05) is 60.7 Å². The third kappa shape index (κ3) is 14.4. The second-order valence-corrected chi connectivity index (χ2v) is 15.9. The number of nitrogens with zero attached hydrogens (tertiary/aromatic N) is 2. The van der Waals surface area contributed by atoms with Gasteiger partial charge in [-0.3, -0.25) is 0 Å². The molecular weight excluding hydrogens is 871 g/mol. The van der Waals surface area contributed by atoms with Crippen molar-refractivity contribution >= 4 is 74.3 Å². The summed E-state index contributed by atoms with van der Waals surface area (Å²) in [4.78, 5) is 26.3. The van der Waals surface area contributed by atoms with Crippen molar-refractivity contribution in [2.45, 2.75) is 52.4 Å². The number of carbonyl (C=O) groups is 2. The Kier molecular flexibility index (Phi) is 20.1. The van der Waals surface area contributed by atoms with Crippen LogP contribution in [-0.4, -0.2) is 61.5 Å². The minimum atomic E-state index is -1.32. The molecule has 6 aromatic carbocycles. The molecule has 8 heteroatoms. The first kappa shape index (κ1) is 44.6. The van der Waals surface area contributed by atoms with Gasteiger partial charge in [-0.15, -0.1) is 130 Å². The number of allylic oxidation sites excluding steroid dienone is 2. The van der Waals surface area contributed by atoms with Gasteiger partial charge < -0.3 is 9.80 Å². The molecule has 284 valence electrons. The molecule has 6 nitrogen and oxygen atoms in total. The van der Waals surface area contributed by atoms with Gasteiger partial charge in [-0.25, -0.2) is 0 Å². The zero-order valence-corrected chi connectivity index (χ0v) is 38.5. The molecule has 2 radical (unpaired) electrons. The molecule has 0 saturated carbocycles. The first-order valence-corrected chi connectivity index (χ1v) is 22.9. The third-order valence-electron chi connectivity index (χ3n) is 9.53. The number of carbonyl (C=O) groups excluding carboxylic acids is 2. The normalized spacial score (nSPS) is 13.2. The molecule has 2 saturated heterocycles. The first-order valence-electron chi connectivity index (χ1n) is 19.6. The van der Waals surface area contributed by atoms with Crippen molar-refractivity contribution < 1.29 is 35.8 Å². The molecule has 2 fully saturated rings. The molecule has 0 spiro atoms. The molecule has 2 amide bonds. The number of hydrogen-bond donors (Lipinski definition) is 2. The van der Waals surface area contributed by atoms with E-state index in [0.29, 0.717) is 12.8 Å². The molecule has 0 bridgehead atoms. The minimum Gasteiger partial charge on any atom is -0.417 e. The minimum absolute atomic E-state index is 0. The smallest absolute Gasteiger partial charge is 0.417 e. The van der Waals surface area contributed by atoms with Crippen LogP contribution in [0.2, 0.25) is 0 Å². The van der Waals surface area contributed by atoms with Gasteiger partial charge in [-0.1, -0.05) is 66.0 Å². The summed E-state index contributed by atoms with van der Waals surface area (Å²) in [5, 5.41) is 5.56. The van der Waals surface area contributed by atoms with Gasteiger partial charge in [0.25, 0.3) is 0 Å². The predicted octanol–water partition coefficient (Wildman–Crippen LogP) is 10.00.